The summed E-state index contributed by atoms with van der Waals surface area (Å²) in [7, 11) is 0. The zero-order chi connectivity index (χ0) is 20.1. The van der Waals surface area contributed by atoms with Crippen molar-refractivity contribution < 1.29 is 19.4 Å². The number of carbonyl (C=O) groups is 2. The monoisotopic (exact) mass is 378 g/mol. The number of carboxylic acid groups (broad SMARTS) is 1. The number of hydrogen-bond acceptors (Lipinski definition) is 6. The lowest BCUT2D eigenvalue weighted by atomic mass is 9.99. The summed E-state index contributed by atoms with van der Waals surface area (Å²) in [5, 5.41) is 18.2. The fourth-order valence-corrected chi connectivity index (χ4v) is 2.94. The fourth-order valence-electron chi connectivity index (χ4n) is 2.94. The molecule has 0 radical (unpaired) electrons. The van der Waals surface area contributed by atoms with Crippen LogP contribution in [0.4, 0.5) is 11.5 Å². The predicted molar refractivity (Wildman–Crippen MR) is 102 cm³/mol. The van der Waals surface area contributed by atoms with Crippen LogP contribution in [-0.2, 0) is 20.7 Å². The maximum Gasteiger partial charge on any atom is 0.310 e. The standard InChI is InChI=1S/C21H21N3O4/c1-14-10-16(11-15(2)18(14)12-21(27)28-13-20(25)26)22-19-8-9-24(23-19)17-6-4-3-5-7-17/h3-11H,12-13H2,1-2H3,(H,22,23)(H,25,26)/p-1. The molecule has 0 spiro atoms. The quantitative estimate of drug-likeness (QED) is 0.632. The second-order valence-electron chi connectivity index (χ2n) is 6.40. The molecule has 0 bridgehead atoms. The Kier molecular flexibility index (Phi) is 5.74. The summed E-state index contributed by atoms with van der Waals surface area (Å²) in [4.78, 5) is 22.2. The summed E-state index contributed by atoms with van der Waals surface area (Å²) in [6.45, 7) is 3.05. The Morgan fingerprint density at radius 2 is 1.79 bits per heavy atom. The molecule has 0 saturated heterocycles. The van der Waals surface area contributed by atoms with Crippen LogP contribution in [0, 0.1) is 13.8 Å². The van der Waals surface area contributed by atoms with E-state index in [0.29, 0.717) is 5.82 Å². The van der Waals surface area contributed by atoms with E-state index in [0.717, 1.165) is 28.1 Å². The molecule has 144 valence electrons. The SMILES string of the molecule is Cc1cc(Nc2ccn(-c3ccccc3)n2)cc(C)c1CC(=O)OCC(=O)[O-]. The number of anilines is 2. The molecular weight excluding hydrogens is 358 g/mol. The lowest BCUT2D eigenvalue weighted by molar-refractivity contribution is -0.308. The first-order chi connectivity index (χ1) is 13.4. The molecule has 3 rings (SSSR count). The summed E-state index contributed by atoms with van der Waals surface area (Å²) in [5.74, 6) is -1.32. The van der Waals surface area contributed by atoms with Crippen LogP contribution in [0.25, 0.3) is 5.69 Å². The molecule has 1 heterocycles. The molecule has 0 saturated carbocycles. The first kappa shape index (κ1) is 19.2. The molecule has 1 aromatic heterocycles. The van der Waals surface area contributed by atoms with Gasteiger partial charge in [0.05, 0.1) is 18.1 Å². The van der Waals surface area contributed by atoms with Crippen molar-refractivity contribution in [3.8, 4) is 5.69 Å². The number of aliphatic carboxylic acids is 1. The van der Waals surface area contributed by atoms with E-state index in [9.17, 15) is 14.7 Å². The molecule has 1 N–H and O–H groups in total. The van der Waals surface area contributed by atoms with Crippen LogP contribution >= 0.6 is 0 Å². The molecule has 2 aromatic carbocycles. The number of ether oxygens (including phenoxy) is 1. The van der Waals surface area contributed by atoms with Crippen molar-refractivity contribution in [1.82, 2.24) is 9.78 Å². The second kappa shape index (κ2) is 8.39. The van der Waals surface area contributed by atoms with E-state index < -0.39 is 18.5 Å². The third-order valence-corrected chi connectivity index (χ3v) is 4.25. The topological polar surface area (TPSA) is 96.3 Å². The van der Waals surface area contributed by atoms with Crippen molar-refractivity contribution >= 4 is 23.4 Å². The Hall–Kier alpha value is -3.61. The Balaban J connectivity index is 1.71. The number of para-hydroxylation sites is 1. The van der Waals surface area contributed by atoms with Crippen LogP contribution in [-0.4, -0.2) is 28.3 Å². The van der Waals surface area contributed by atoms with Gasteiger partial charge in [-0.3, -0.25) is 4.79 Å². The van der Waals surface area contributed by atoms with Crippen LogP contribution in [0.3, 0.4) is 0 Å². The van der Waals surface area contributed by atoms with Gasteiger partial charge in [0.15, 0.2) is 5.82 Å². The maximum atomic E-state index is 11.8. The molecule has 7 heteroatoms. The van der Waals surface area contributed by atoms with Gasteiger partial charge in [-0.15, -0.1) is 0 Å². The van der Waals surface area contributed by atoms with Crippen LogP contribution < -0.4 is 10.4 Å². The molecule has 0 aliphatic heterocycles. The number of carboxylic acids is 1. The molecule has 0 atom stereocenters. The number of nitrogens with one attached hydrogen (secondary N) is 1. The molecule has 28 heavy (non-hydrogen) atoms. The minimum atomic E-state index is -1.42. The van der Waals surface area contributed by atoms with Crippen molar-refractivity contribution in [3.63, 3.8) is 0 Å². The normalized spacial score (nSPS) is 10.5. The summed E-state index contributed by atoms with van der Waals surface area (Å²) >= 11 is 0. The van der Waals surface area contributed by atoms with Crippen molar-refractivity contribution in [1.29, 1.82) is 0 Å². The number of rotatable bonds is 7. The molecule has 0 amide bonds. The van der Waals surface area contributed by atoms with Gasteiger partial charge in [0.1, 0.15) is 6.61 Å². The summed E-state index contributed by atoms with van der Waals surface area (Å²) in [6, 6.07) is 15.5. The highest BCUT2D eigenvalue weighted by Gasteiger charge is 2.12. The molecule has 0 aliphatic rings. The van der Waals surface area contributed by atoms with E-state index in [4.69, 9.17) is 0 Å². The van der Waals surface area contributed by atoms with E-state index >= 15 is 0 Å². The molecule has 0 unspecified atom stereocenters. The Morgan fingerprint density at radius 3 is 2.43 bits per heavy atom. The Bertz CT molecular complexity index is 973. The Morgan fingerprint density at radius 1 is 1.11 bits per heavy atom. The summed E-state index contributed by atoms with van der Waals surface area (Å²) < 4.78 is 6.44. The van der Waals surface area contributed by atoms with Gasteiger partial charge in [-0.1, -0.05) is 18.2 Å². The van der Waals surface area contributed by atoms with Gasteiger partial charge < -0.3 is 20.0 Å². The summed E-state index contributed by atoms with van der Waals surface area (Å²) in [5.41, 5.74) is 4.42. The maximum absolute atomic E-state index is 11.8. The third-order valence-electron chi connectivity index (χ3n) is 4.25. The van der Waals surface area contributed by atoms with Gasteiger partial charge in [-0.25, -0.2) is 4.68 Å². The van der Waals surface area contributed by atoms with Crippen molar-refractivity contribution in [2.45, 2.75) is 20.3 Å². The van der Waals surface area contributed by atoms with Gasteiger partial charge >= 0.3 is 5.97 Å². The van der Waals surface area contributed by atoms with Crippen molar-refractivity contribution in [2.24, 2.45) is 0 Å². The zero-order valence-electron chi connectivity index (χ0n) is 15.6. The van der Waals surface area contributed by atoms with Crippen LogP contribution in [0.2, 0.25) is 0 Å². The predicted octanol–water partition coefficient (Wildman–Crippen LogP) is 2.07. The minimum absolute atomic E-state index is 0.00780. The number of aryl methyl sites for hydroxylation is 2. The molecule has 7 nitrogen and oxygen atoms in total. The molecule has 0 fully saturated rings. The highest BCUT2D eigenvalue weighted by Crippen LogP contribution is 2.24. The minimum Gasteiger partial charge on any atom is -0.546 e. The largest absolute Gasteiger partial charge is 0.546 e. The average Bonchev–Trinajstić information content (AvgIpc) is 3.12. The smallest absolute Gasteiger partial charge is 0.310 e. The first-order valence-electron chi connectivity index (χ1n) is 8.76. The van der Waals surface area contributed by atoms with Gasteiger partial charge in [-0.2, -0.15) is 5.10 Å². The number of nitrogens with zero attached hydrogens (tertiary/aromatic N) is 2. The molecule has 0 aliphatic carbocycles. The molecule has 3 aromatic rings. The van der Waals surface area contributed by atoms with Crippen LogP contribution in [0.15, 0.2) is 54.7 Å². The molecular formula is C21H20N3O4-. The first-order valence-corrected chi connectivity index (χ1v) is 8.76. The van der Waals surface area contributed by atoms with Crippen LogP contribution in [0.1, 0.15) is 16.7 Å². The lowest BCUT2D eigenvalue weighted by Gasteiger charge is -2.13. The number of benzene rings is 2. The van der Waals surface area contributed by atoms with E-state index in [1.54, 1.807) is 4.68 Å². The van der Waals surface area contributed by atoms with E-state index in [1.165, 1.54) is 0 Å². The van der Waals surface area contributed by atoms with Crippen molar-refractivity contribution in [2.75, 3.05) is 11.9 Å². The van der Waals surface area contributed by atoms with Gasteiger partial charge in [0, 0.05) is 18.0 Å². The second-order valence-corrected chi connectivity index (χ2v) is 6.40. The lowest BCUT2D eigenvalue weighted by Crippen LogP contribution is -2.29. The Labute approximate surface area is 162 Å². The highest BCUT2D eigenvalue weighted by molar-refractivity contribution is 5.77. The zero-order valence-corrected chi connectivity index (χ0v) is 15.6. The number of esters is 1. The average molecular weight is 378 g/mol. The van der Waals surface area contributed by atoms with Crippen molar-refractivity contribution in [3.05, 3.63) is 71.4 Å². The van der Waals surface area contributed by atoms with Gasteiger partial charge in [-0.05, 0) is 54.8 Å². The fraction of sp³-hybridized carbons (Fsp3) is 0.190. The summed E-state index contributed by atoms with van der Waals surface area (Å²) in [6.07, 6.45) is 1.88. The van der Waals surface area contributed by atoms with E-state index in [-0.39, 0.29) is 6.42 Å². The third kappa shape index (κ3) is 4.76. The number of carbonyl (C=O) groups excluding carboxylic acids is 2. The number of aromatic nitrogens is 2. The van der Waals surface area contributed by atoms with Crippen LogP contribution in [0.5, 0.6) is 0 Å². The van der Waals surface area contributed by atoms with E-state index in [1.807, 2.05) is 68.6 Å². The van der Waals surface area contributed by atoms with E-state index in [2.05, 4.69) is 15.2 Å². The number of hydrogen-bond donors (Lipinski definition) is 1. The van der Waals surface area contributed by atoms with Gasteiger partial charge in [0.25, 0.3) is 0 Å². The van der Waals surface area contributed by atoms with Gasteiger partial charge in [0.2, 0.25) is 0 Å². The highest BCUT2D eigenvalue weighted by atomic mass is 16.5.